The Morgan fingerprint density at radius 2 is 1.03 bits per heavy atom. The second-order valence-corrected chi connectivity index (χ2v) is 31.7. The molecule has 0 N–H and O–H groups in total. The summed E-state index contributed by atoms with van der Waals surface area (Å²) >= 11 is -7.80. The zero-order chi connectivity index (χ0) is 24.5. The summed E-state index contributed by atoms with van der Waals surface area (Å²) in [6.07, 6.45) is 0. The molecule has 180 valence electrons. The van der Waals surface area contributed by atoms with Gasteiger partial charge in [-0.1, -0.05) is 0 Å². The number of rotatable bonds is 12. The topological polar surface area (TPSA) is 80.3 Å². The molecule has 0 aliphatic carbocycles. The third-order valence-electron chi connectivity index (χ3n) is 5.69. The molecule has 0 aliphatic rings. The van der Waals surface area contributed by atoms with Crippen LogP contribution in [0.2, 0.25) is 17.7 Å². The first kappa shape index (κ1) is 27.8. The van der Waals surface area contributed by atoms with Crippen molar-refractivity contribution in [2.75, 3.05) is 14.2 Å². The number of ether oxygens (including phenoxy) is 2. The van der Waals surface area contributed by atoms with Crippen LogP contribution in [0.25, 0.3) is 0 Å². The minimum absolute atomic E-state index is 0.417. The van der Waals surface area contributed by atoms with Crippen molar-refractivity contribution in [1.29, 1.82) is 0 Å². The Morgan fingerprint density at radius 1 is 0.667 bits per heavy atom. The maximum atomic E-state index is 13.0. The molecule has 2 aromatic carbocycles. The van der Waals surface area contributed by atoms with Crippen LogP contribution in [-0.4, -0.2) is 64.6 Å². The Morgan fingerprint density at radius 3 is 1.33 bits per heavy atom. The van der Waals surface area contributed by atoms with Gasteiger partial charge in [0.1, 0.15) is 0 Å². The van der Waals surface area contributed by atoms with E-state index < -0.39 is 50.3 Å². The van der Waals surface area contributed by atoms with Gasteiger partial charge in [-0.05, 0) is 0 Å². The van der Waals surface area contributed by atoms with Crippen LogP contribution >= 0.6 is 0 Å². The van der Waals surface area contributed by atoms with E-state index in [1.807, 2.05) is 27.7 Å². The molecule has 9 heteroatoms. The molecule has 0 amide bonds. The first-order valence-corrected chi connectivity index (χ1v) is 24.0. The van der Waals surface area contributed by atoms with E-state index in [2.05, 4.69) is 0 Å². The van der Waals surface area contributed by atoms with E-state index in [9.17, 15) is 9.59 Å². The summed E-state index contributed by atoms with van der Waals surface area (Å²) in [6, 6.07) is 13.8. The van der Waals surface area contributed by atoms with Crippen molar-refractivity contribution in [3.63, 3.8) is 0 Å². The summed E-state index contributed by atoms with van der Waals surface area (Å²) in [7, 11) is 3.11. The third-order valence-corrected chi connectivity index (χ3v) is 37.5. The van der Waals surface area contributed by atoms with Crippen LogP contribution in [0, 0.1) is 0 Å². The van der Waals surface area contributed by atoms with Gasteiger partial charge in [0, 0.05) is 0 Å². The molecule has 0 unspecified atom stereocenters. The van der Waals surface area contributed by atoms with E-state index in [0.29, 0.717) is 40.4 Å². The summed E-state index contributed by atoms with van der Waals surface area (Å²) in [6.45, 7) is 7.96. The quantitative estimate of drug-likeness (QED) is 0.268. The summed E-state index contributed by atoms with van der Waals surface area (Å²) < 4.78 is 32.1. The van der Waals surface area contributed by atoms with Crippen molar-refractivity contribution in [3.8, 4) is 11.5 Å². The molecule has 0 aliphatic heterocycles. The van der Waals surface area contributed by atoms with E-state index >= 15 is 0 Å². The molecule has 33 heavy (non-hydrogen) atoms. The van der Waals surface area contributed by atoms with Gasteiger partial charge < -0.3 is 0 Å². The molecule has 0 radical (unpaired) electrons. The number of carbonyl (C=O) groups is 2. The molecule has 0 saturated carbocycles. The predicted molar refractivity (Wildman–Crippen MR) is 131 cm³/mol. The van der Waals surface area contributed by atoms with E-state index in [-0.39, 0.29) is 0 Å². The Hall–Kier alpha value is -1.46. The van der Waals surface area contributed by atoms with Crippen molar-refractivity contribution in [2.24, 2.45) is 0 Å². The van der Waals surface area contributed by atoms with Gasteiger partial charge in [-0.15, -0.1) is 0 Å². The van der Waals surface area contributed by atoms with Crippen LogP contribution < -0.4 is 9.47 Å². The molecule has 2 rings (SSSR count). The van der Waals surface area contributed by atoms with Gasteiger partial charge in [-0.3, -0.25) is 0 Å². The average Bonchev–Trinajstić information content (AvgIpc) is 2.87. The standard InChI is InChI=1S/2C8H8O3.4C2H5.O.2Sn/c2*1-11-7-4-2-3-6(5-7)8(9)10;4*1-2;;;/h2*2-5H,1H3,(H,9,10);4*1H2,2H3;;;/q;;;;;;;2*+1/p-2. The molecule has 0 aromatic heterocycles. The Kier molecular flexibility index (Phi) is 10.8. The number of hydrogen-bond donors (Lipinski definition) is 0. The summed E-state index contributed by atoms with van der Waals surface area (Å²) in [5.74, 6) is 0.337. The maximum absolute atomic E-state index is 13.0. The Balaban J connectivity index is 2.29. The third kappa shape index (κ3) is 7.26. The molecule has 0 atom stereocenters. The second-order valence-electron chi connectivity index (χ2n) is 7.58. The molecule has 0 fully saturated rings. The van der Waals surface area contributed by atoms with Crippen LogP contribution in [0.5, 0.6) is 11.5 Å². The number of hydrogen-bond acceptors (Lipinski definition) is 7. The van der Waals surface area contributed by atoms with Gasteiger partial charge in [0.2, 0.25) is 0 Å². The molecular weight excluding hydrogens is 638 g/mol. The number of carbonyl (C=O) groups excluding carboxylic acids is 2. The van der Waals surface area contributed by atoms with E-state index in [1.54, 1.807) is 62.8 Å². The molecular formula is C24H34O7Sn2. The molecule has 0 bridgehead atoms. The molecule has 2 aromatic rings. The van der Waals surface area contributed by atoms with Crippen molar-refractivity contribution in [3.05, 3.63) is 59.7 Å². The van der Waals surface area contributed by atoms with Gasteiger partial charge in [-0.2, -0.15) is 0 Å². The van der Waals surface area contributed by atoms with E-state index in [4.69, 9.17) is 17.0 Å². The van der Waals surface area contributed by atoms with Gasteiger partial charge in [0.15, 0.2) is 0 Å². The first-order chi connectivity index (χ1) is 15.8. The zero-order valence-electron chi connectivity index (χ0n) is 20.3. The normalized spacial score (nSPS) is 11.6. The summed E-state index contributed by atoms with van der Waals surface area (Å²) in [5.41, 5.74) is 0.839. The molecule has 0 saturated heterocycles. The fourth-order valence-corrected chi connectivity index (χ4v) is 40.0. The van der Waals surface area contributed by atoms with E-state index in [0.717, 1.165) is 0 Å². The summed E-state index contributed by atoms with van der Waals surface area (Å²) in [4.78, 5) is 26.0. The fraction of sp³-hybridized carbons (Fsp3) is 0.417. The molecule has 7 nitrogen and oxygen atoms in total. The van der Waals surface area contributed by atoms with Crippen molar-refractivity contribution in [2.45, 2.75) is 45.4 Å². The van der Waals surface area contributed by atoms with Gasteiger partial charge in [0.05, 0.1) is 0 Å². The van der Waals surface area contributed by atoms with E-state index in [1.165, 1.54) is 0 Å². The van der Waals surface area contributed by atoms with Crippen LogP contribution in [0.15, 0.2) is 48.5 Å². The van der Waals surface area contributed by atoms with Crippen LogP contribution in [0.4, 0.5) is 0 Å². The number of methoxy groups -OCH3 is 2. The van der Waals surface area contributed by atoms with Crippen molar-refractivity contribution >= 4 is 50.3 Å². The predicted octanol–water partition coefficient (Wildman–Crippen LogP) is 5.70. The van der Waals surface area contributed by atoms with Crippen LogP contribution in [-0.2, 0) is 7.56 Å². The van der Waals surface area contributed by atoms with Gasteiger partial charge >= 0.3 is 208 Å². The SMILES string of the molecule is C[CH2][Sn]([CH2]C)([O]C(=O)c1cccc(OC)c1)[O][Sn]([CH2]C)([CH2]C)[O]C(=O)c1cccc(OC)c1. The molecule has 0 heterocycles. The Labute approximate surface area is 206 Å². The monoisotopic (exact) mass is 674 g/mol. The van der Waals surface area contributed by atoms with Crippen molar-refractivity contribution < 1.29 is 26.6 Å². The van der Waals surface area contributed by atoms with Crippen LogP contribution in [0.1, 0.15) is 48.4 Å². The van der Waals surface area contributed by atoms with Gasteiger partial charge in [0.25, 0.3) is 0 Å². The minimum atomic E-state index is -3.90. The number of benzene rings is 2. The first-order valence-electron chi connectivity index (χ1n) is 11.2. The zero-order valence-corrected chi connectivity index (χ0v) is 26.0. The van der Waals surface area contributed by atoms with Gasteiger partial charge in [-0.25, -0.2) is 0 Å². The Bertz CT molecular complexity index is 864. The van der Waals surface area contributed by atoms with Crippen molar-refractivity contribution in [1.82, 2.24) is 0 Å². The fourth-order valence-electron chi connectivity index (χ4n) is 3.41. The average molecular weight is 672 g/mol. The molecule has 0 spiro atoms. The summed E-state index contributed by atoms with van der Waals surface area (Å²) in [5, 5.41) is 0. The second kappa shape index (κ2) is 12.8. The van der Waals surface area contributed by atoms with Crippen LogP contribution in [0.3, 0.4) is 0 Å².